The molecule has 2 aromatic carbocycles. The first-order chi connectivity index (χ1) is 17.5. The standard InChI is InChI=1S/C29H35N5OS/c1-34(2)28-24-10-6-7-11-25(24)32-29(33-28)31-23-14-12-20(13-15-23)18-30-27(35)17-21-16-26(36-19-21)22-8-4-3-5-9-22/h3-11,16,20-21,23H,12-15,17-19H2,1-2H3,(H,30,35)(H,31,32,33)/t20-,21?,23+. The number of carbonyl (C=O) groups is 1. The topological polar surface area (TPSA) is 70.2 Å². The third-order valence-electron chi connectivity index (χ3n) is 7.12. The first-order valence-corrected chi connectivity index (χ1v) is 13.9. The molecule has 0 spiro atoms. The number of anilines is 2. The Morgan fingerprint density at radius 2 is 1.75 bits per heavy atom. The Bertz CT molecular complexity index is 1220. The number of allylic oxidation sites excluding steroid dienone is 1. The summed E-state index contributed by atoms with van der Waals surface area (Å²) in [6, 6.07) is 19.0. The van der Waals surface area contributed by atoms with Crippen molar-refractivity contribution in [2.75, 3.05) is 36.6 Å². The van der Waals surface area contributed by atoms with Crippen molar-refractivity contribution in [2.45, 2.75) is 38.1 Å². The van der Waals surface area contributed by atoms with Crippen LogP contribution < -0.4 is 15.5 Å². The van der Waals surface area contributed by atoms with Gasteiger partial charge >= 0.3 is 0 Å². The first kappa shape index (κ1) is 24.6. The molecule has 7 heteroatoms. The minimum absolute atomic E-state index is 0.173. The van der Waals surface area contributed by atoms with E-state index in [1.807, 2.05) is 55.0 Å². The van der Waals surface area contributed by atoms with Crippen LogP contribution in [-0.2, 0) is 4.79 Å². The minimum atomic E-state index is 0.173. The Morgan fingerprint density at radius 3 is 2.53 bits per heavy atom. The molecule has 1 amide bonds. The minimum Gasteiger partial charge on any atom is -0.362 e. The second-order valence-electron chi connectivity index (χ2n) is 10.1. The van der Waals surface area contributed by atoms with E-state index >= 15 is 0 Å². The lowest BCUT2D eigenvalue weighted by molar-refractivity contribution is -0.121. The van der Waals surface area contributed by atoms with E-state index < -0.39 is 0 Å². The Balaban J connectivity index is 1.07. The van der Waals surface area contributed by atoms with Gasteiger partial charge in [0.25, 0.3) is 0 Å². The molecule has 6 nitrogen and oxygen atoms in total. The van der Waals surface area contributed by atoms with Gasteiger partial charge in [-0.25, -0.2) is 4.98 Å². The average molecular weight is 502 g/mol. The number of aromatic nitrogens is 2. The molecule has 0 bridgehead atoms. The van der Waals surface area contributed by atoms with Crippen LogP contribution in [0.15, 0.2) is 60.7 Å². The van der Waals surface area contributed by atoms with Crippen LogP contribution in [0.2, 0.25) is 0 Å². The van der Waals surface area contributed by atoms with Crippen molar-refractivity contribution in [1.82, 2.24) is 15.3 Å². The zero-order chi connectivity index (χ0) is 24.9. The molecule has 2 heterocycles. The van der Waals surface area contributed by atoms with Crippen LogP contribution in [0.4, 0.5) is 11.8 Å². The summed E-state index contributed by atoms with van der Waals surface area (Å²) in [7, 11) is 4.03. The highest BCUT2D eigenvalue weighted by Crippen LogP contribution is 2.38. The number of thioether (sulfide) groups is 1. The van der Waals surface area contributed by atoms with Gasteiger partial charge in [-0.05, 0) is 55.2 Å². The van der Waals surface area contributed by atoms with E-state index in [0.717, 1.165) is 54.7 Å². The molecule has 2 aliphatic rings. The molecular formula is C29H35N5OS. The second kappa shape index (κ2) is 11.3. The van der Waals surface area contributed by atoms with E-state index in [2.05, 4.69) is 47.0 Å². The van der Waals surface area contributed by atoms with Crippen molar-refractivity contribution in [3.8, 4) is 0 Å². The summed E-state index contributed by atoms with van der Waals surface area (Å²) in [4.78, 5) is 25.5. The van der Waals surface area contributed by atoms with E-state index in [-0.39, 0.29) is 5.91 Å². The first-order valence-electron chi connectivity index (χ1n) is 12.9. The number of carbonyl (C=O) groups excluding carboxylic acids is 1. The molecule has 3 aromatic rings. The molecule has 0 radical (unpaired) electrons. The molecule has 5 rings (SSSR count). The second-order valence-corrected chi connectivity index (χ2v) is 11.2. The molecule has 1 fully saturated rings. The maximum Gasteiger partial charge on any atom is 0.225 e. The fourth-order valence-electron chi connectivity index (χ4n) is 5.13. The highest BCUT2D eigenvalue weighted by Gasteiger charge is 2.24. The quantitative estimate of drug-likeness (QED) is 0.420. The molecule has 2 N–H and O–H groups in total. The van der Waals surface area contributed by atoms with Crippen LogP contribution in [-0.4, -0.2) is 48.3 Å². The van der Waals surface area contributed by atoms with Gasteiger partial charge in [0.05, 0.1) is 5.52 Å². The van der Waals surface area contributed by atoms with Crippen molar-refractivity contribution >= 4 is 45.2 Å². The highest BCUT2D eigenvalue weighted by atomic mass is 32.2. The van der Waals surface area contributed by atoms with Crippen molar-refractivity contribution < 1.29 is 4.79 Å². The molecule has 1 unspecified atom stereocenters. The van der Waals surface area contributed by atoms with Gasteiger partial charge in [0, 0.05) is 49.1 Å². The number of nitrogens with one attached hydrogen (secondary N) is 2. The van der Waals surface area contributed by atoms with Crippen LogP contribution in [0.25, 0.3) is 15.8 Å². The Kier molecular flexibility index (Phi) is 7.75. The highest BCUT2D eigenvalue weighted by molar-refractivity contribution is 8.08. The average Bonchev–Trinajstić information content (AvgIpc) is 3.36. The number of nitrogens with zero attached hydrogens (tertiary/aromatic N) is 3. The molecule has 1 aromatic heterocycles. The molecular weight excluding hydrogens is 466 g/mol. The van der Waals surface area contributed by atoms with Crippen LogP contribution in [0.3, 0.4) is 0 Å². The molecule has 36 heavy (non-hydrogen) atoms. The third kappa shape index (κ3) is 6.01. The van der Waals surface area contributed by atoms with Crippen molar-refractivity contribution in [3.05, 3.63) is 66.2 Å². The number of benzene rings is 2. The zero-order valence-electron chi connectivity index (χ0n) is 21.1. The lowest BCUT2D eigenvalue weighted by atomic mass is 9.86. The van der Waals surface area contributed by atoms with E-state index in [1.54, 1.807) is 0 Å². The smallest absolute Gasteiger partial charge is 0.225 e. The summed E-state index contributed by atoms with van der Waals surface area (Å²) < 4.78 is 0. The van der Waals surface area contributed by atoms with E-state index in [4.69, 9.17) is 9.97 Å². The summed E-state index contributed by atoms with van der Waals surface area (Å²) in [5, 5.41) is 7.85. The fourth-order valence-corrected chi connectivity index (χ4v) is 6.33. The summed E-state index contributed by atoms with van der Waals surface area (Å²) in [5.74, 6) is 3.65. The molecule has 1 aliphatic heterocycles. The number of fused-ring (bicyclic) bond motifs is 1. The van der Waals surface area contributed by atoms with E-state index in [0.29, 0.717) is 30.2 Å². The van der Waals surface area contributed by atoms with Crippen molar-refractivity contribution in [2.24, 2.45) is 11.8 Å². The van der Waals surface area contributed by atoms with Crippen LogP contribution in [0.1, 0.15) is 37.7 Å². The van der Waals surface area contributed by atoms with E-state index in [1.165, 1.54) is 10.5 Å². The molecule has 1 saturated carbocycles. The maximum absolute atomic E-state index is 12.6. The molecule has 1 atom stereocenters. The van der Waals surface area contributed by atoms with Gasteiger partial charge in [0.1, 0.15) is 5.82 Å². The number of hydrogen-bond donors (Lipinski definition) is 2. The Hall–Kier alpha value is -3.06. The predicted molar refractivity (Wildman–Crippen MR) is 151 cm³/mol. The molecule has 188 valence electrons. The van der Waals surface area contributed by atoms with Gasteiger partial charge in [0.15, 0.2) is 0 Å². The summed E-state index contributed by atoms with van der Waals surface area (Å²) in [6.07, 6.45) is 7.18. The van der Waals surface area contributed by atoms with Crippen LogP contribution in [0.5, 0.6) is 0 Å². The summed E-state index contributed by atoms with van der Waals surface area (Å²) in [6.45, 7) is 0.776. The Labute approximate surface area is 218 Å². The van der Waals surface area contributed by atoms with Gasteiger partial charge < -0.3 is 15.5 Å². The van der Waals surface area contributed by atoms with E-state index in [9.17, 15) is 4.79 Å². The van der Waals surface area contributed by atoms with Crippen molar-refractivity contribution in [1.29, 1.82) is 0 Å². The maximum atomic E-state index is 12.6. The number of hydrogen-bond acceptors (Lipinski definition) is 6. The van der Waals surface area contributed by atoms with Crippen molar-refractivity contribution in [3.63, 3.8) is 0 Å². The predicted octanol–water partition coefficient (Wildman–Crippen LogP) is 5.58. The van der Waals surface area contributed by atoms with Gasteiger partial charge in [-0.2, -0.15) is 4.98 Å². The van der Waals surface area contributed by atoms with Gasteiger partial charge in [-0.15, -0.1) is 11.8 Å². The lowest BCUT2D eigenvalue weighted by Crippen LogP contribution is -2.34. The monoisotopic (exact) mass is 501 g/mol. The fraction of sp³-hybridized carbons (Fsp3) is 0.414. The molecule has 0 saturated heterocycles. The van der Waals surface area contributed by atoms with Crippen LogP contribution >= 0.6 is 11.8 Å². The van der Waals surface area contributed by atoms with Gasteiger partial charge in [-0.1, -0.05) is 48.5 Å². The summed E-state index contributed by atoms with van der Waals surface area (Å²) in [5.41, 5.74) is 2.21. The SMILES string of the molecule is CN(C)c1nc(N[C@H]2CC[C@@H](CNC(=O)CC3C=C(c4ccccc4)SC3)CC2)nc2ccccc12. The normalized spacial score (nSPS) is 21.7. The largest absolute Gasteiger partial charge is 0.362 e. The van der Waals surface area contributed by atoms with Gasteiger partial charge in [0.2, 0.25) is 11.9 Å². The van der Waals surface area contributed by atoms with Crippen LogP contribution in [0, 0.1) is 11.8 Å². The number of amides is 1. The number of rotatable bonds is 8. The van der Waals surface area contributed by atoms with Gasteiger partial charge in [-0.3, -0.25) is 4.79 Å². The number of para-hydroxylation sites is 1. The lowest BCUT2D eigenvalue weighted by Gasteiger charge is -2.29. The molecule has 1 aliphatic carbocycles. The zero-order valence-corrected chi connectivity index (χ0v) is 21.9. The summed E-state index contributed by atoms with van der Waals surface area (Å²) >= 11 is 1.86. The third-order valence-corrected chi connectivity index (χ3v) is 8.40. The Morgan fingerprint density at radius 1 is 1.00 bits per heavy atom.